The van der Waals surface area contributed by atoms with Gasteiger partial charge in [-0.2, -0.15) is 13.2 Å². The van der Waals surface area contributed by atoms with Gasteiger partial charge < -0.3 is 20.1 Å². The second-order valence-corrected chi connectivity index (χ2v) is 7.68. The van der Waals surface area contributed by atoms with Crippen LogP contribution < -0.4 is 10.6 Å². The van der Waals surface area contributed by atoms with E-state index >= 15 is 0 Å². The van der Waals surface area contributed by atoms with E-state index < -0.39 is 18.8 Å². The van der Waals surface area contributed by atoms with E-state index in [1.165, 1.54) is 0 Å². The van der Waals surface area contributed by atoms with E-state index in [9.17, 15) is 18.0 Å². The quantitative estimate of drug-likeness (QED) is 0.694. The summed E-state index contributed by atoms with van der Waals surface area (Å²) in [5.74, 6) is 6.97. The zero-order valence-corrected chi connectivity index (χ0v) is 17.9. The van der Waals surface area contributed by atoms with Crippen LogP contribution in [0.2, 0.25) is 0 Å². The maximum Gasteiger partial charge on any atom is 0.405 e. The number of carbonyl (C=O) groups is 1. The van der Waals surface area contributed by atoms with Crippen molar-refractivity contribution in [1.82, 2.24) is 19.8 Å². The molecule has 0 fully saturated rings. The predicted octanol–water partition coefficient (Wildman–Crippen LogP) is 3.75. The van der Waals surface area contributed by atoms with Gasteiger partial charge in [-0.05, 0) is 42.7 Å². The molecule has 2 aliphatic rings. The van der Waals surface area contributed by atoms with Crippen molar-refractivity contribution in [2.75, 3.05) is 11.9 Å². The number of nitrogens with zero attached hydrogens (tertiary/aromatic N) is 4. The summed E-state index contributed by atoms with van der Waals surface area (Å²) >= 11 is 0. The summed E-state index contributed by atoms with van der Waals surface area (Å²) in [5.41, 5.74) is 2.88. The maximum absolute atomic E-state index is 12.3. The van der Waals surface area contributed by atoms with Gasteiger partial charge >= 0.3 is 12.2 Å². The number of rotatable bonds is 3. The average Bonchev–Trinajstić information content (AvgIpc) is 3.31. The standard InChI is InChI=1S/C23H21F3N6O/c1-15-21(17-4-3-5-18(11-17)30-22(33)28-13-23(24,25)26)32-9-8-16(10-20(32)29-15)6-7-19-12-27-14-31(19)2/h3-5,8-12,14-15,21H,13H2,1-2H3,(H2,28,30,33). The summed E-state index contributed by atoms with van der Waals surface area (Å²) in [5, 5.41) is 4.24. The highest BCUT2D eigenvalue weighted by atomic mass is 19.4. The van der Waals surface area contributed by atoms with Crippen LogP contribution in [0.4, 0.5) is 23.7 Å². The van der Waals surface area contributed by atoms with Gasteiger partial charge in [-0.3, -0.25) is 4.99 Å². The number of alkyl halides is 3. The largest absolute Gasteiger partial charge is 0.405 e. The molecule has 0 bridgehead atoms. The van der Waals surface area contributed by atoms with E-state index in [1.54, 1.807) is 36.0 Å². The van der Waals surface area contributed by atoms with E-state index in [1.807, 2.05) is 47.9 Å². The number of aliphatic imine (C=N–C) groups is 1. The van der Waals surface area contributed by atoms with Crippen molar-refractivity contribution in [3.63, 3.8) is 0 Å². The molecule has 0 spiro atoms. The summed E-state index contributed by atoms with van der Waals surface area (Å²) in [6.45, 7) is 0.584. The minimum absolute atomic E-state index is 0.0837. The molecule has 4 rings (SSSR count). The number of urea groups is 1. The Balaban J connectivity index is 1.47. The fourth-order valence-electron chi connectivity index (χ4n) is 3.64. The normalized spacial score (nSPS) is 19.2. The lowest BCUT2D eigenvalue weighted by molar-refractivity contribution is -0.122. The number of hydrogen-bond acceptors (Lipinski definition) is 4. The molecule has 170 valence electrons. The number of anilines is 1. The Morgan fingerprint density at radius 1 is 1.27 bits per heavy atom. The number of amides is 2. The molecule has 0 radical (unpaired) electrons. The maximum atomic E-state index is 12.3. The van der Waals surface area contributed by atoms with Crippen LogP contribution in [0.15, 0.2) is 65.7 Å². The van der Waals surface area contributed by atoms with Crippen LogP contribution in [0.25, 0.3) is 0 Å². The van der Waals surface area contributed by atoms with Gasteiger partial charge in [0.2, 0.25) is 0 Å². The fraction of sp³-hybridized carbons (Fsp3) is 0.261. The molecule has 10 heteroatoms. The second-order valence-electron chi connectivity index (χ2n) is 7.68. The van der Waals surface area contributed by atoms with Crippen molar-refractivity contribution < 1.29 is 18.0 Å². The Hall–Kier alpha value is -4.00. The molecule has 0 saturated carbocycles. The number of fused-ring (bicyclic) bond motifs is 1. The van der Waals surface area contributed by atoms with Gasteiger partial charge in [0.05, 0.1) is 24.6 Å². The first kappa shape index (κ1) is 22.2. The molecule has 2 unspecified atom stereocenters. The van der Waals surface area contributed by atoms with E-state index in [2.05, 4.69) is 22.1 Å². The zero-order chi connectivity index (χ0) is 23.6. The summed E-state index contributed by atoms with van der Waals surface area (Å²) in [7, 11) is 1.88. The molecule has 7 nitrogen and oxygen atoms in total. The third kappa shape index (κ3) is 5.26. The van der Waals surface area contributed by atoms with Crippen LogP contribution in [0.3, 0.4) is 0 Å². The van der Waals surface area contributed by atoms with Crippen LogP contribution >= 0.6 is 0 Å². The molecule has 2 amide bonds. The van der Waals surface area contributed by atoms with Gasteiger partial charge in [0.1, 0.15) is 18.1 Å². The summed E-state index contributed by atoms with van der Waals surface area (Å²) in [4.78, 5) is 22.6. The van der Waals surface area contributed by atoms with Crippen LogP contribution in [0, 0.1) is 11.8 Å². The van der Waals surface area contributed by atoms with Gasteiger partial charge in [0, 0.05) is 24.5 Å². The smallest absolute Gasteiger partial charge is 0.329 e. The number of aryl methyl sites for hydroxylation is 1. The Bertz CT molecular complexity index is 1210. The highest BCUT2D eigenvalue weighted by Crippen LogP contribution is 2.35. The topological polar surface area (TPSA) is 74.5 Å². The summed E-state index contributed by atoms with van der Waals surface area (Å²) in [6.07, 6.45) is 4.64. The van der Waals surface area contributed by atoms with Crippen LogP contribution in [-0.4, -0.2) is 45.1 Å². The predicted molar refractivity (Wildman–Crippen MR) is 118 cm³/mol. The number of carbonyl (C=O) groups excluding carboxylic acids is 1. The van der Waals surface area contributed by atoms with Gasteiger partial charge in [-0.1, -0.05) is 18.1 Å². The third-order valence-corrected chi connectivity index (χ3v) is 5.14. The molecule has 2 N–H and O–H groups in total. The zero-order valence-electron chi connectivity index (χ0n) is 17.9. The third-order valence-electron chi connectivity index (χ3n) is 5.14. The first-order valence-corrected chi connectivity index (χ1v) is 10.2. The van der Waals surface area contributed by atoms with Gasteiger partial charge in [-0.15, -0.1) is 0 Å². The molecular formula is C23H21F3N6O. The molecule has 33 heavy (non-hydrogen) atoms. The van der Waals surface area contributed by atoms with E-state index in [0.29, 0.717) is 5.69 Å². The van der Waals surface area contributed by atoms with Crippen molar-refractivity contribution in [3.8, 4) is 11.8 Å². The highest BCUT2D eigenvalue weighted by molar-refractivity contribution is 5.98. The molecule has 2 aliphatic heterocycles. The SMILES string of the molecule is CC1N=C2C=C(C#Cc3cncn3C)C=CN2C1c1cccc(NC(=O)NCC(F)(F)F)c1. The minimum Gasteiger partial charge on any atom is -0.329 e. The van der Waals surface area contributed by atoms with Crippen LogP contribution in [-0.2, 0) is 7.05 Å². The van der Waals surface area contributed by atoms with E-state index in [4.69, 9.17) is 4.99 Å². The van der Waals surface area contributed by atoms with Crippen molar-refractivity contribution in [1.29, 1.82) is 0 Å². The number of aromatic nitrogens is 2. The number of benzene rings is 1. The monoisotopic (exact) mass is 454 g/mol. The van der Waals surface area contributed by atoms with Gasteiger partial charge in [0.15, 0.2) is 0 Å². The average molecular weight is 454 g/mol. The highest BCUT2D eigenvalue weighted by Gasteiger charge is 2.34. The molecule has 0 aliphatic carbocycles. The first-order valence-electron chi connectivity index (χ1n) is 10.2. The number of amidine groups is 1. The van der Waals surface area contributed by atoms with Crippen LogP contribution in [0.1, 0.15) is 24.2 Å². The molecular weight excluding hydrogens is 433 g/mol. The second kappa shape index (κ2) is 8.86. The Morgan fingerprint density at radius 2 is 2.09 bits per heavy atom. The van der Waals surface area contributed by atoms with E-state index in [-0.39, 0.29) is 12.1 Å². The van der Waals surface area contributed by atoms with Crippen molar-refractivity contribution >= 4 is 17.6 Å². The van der Waals surface area contributed by atoms with Gasteiger partial charge in [-0.25, -0.2) is 9.78 Å². The molecule has 0 saturated heterocycles. The lowest BCUT2D eigenvalue weighted by Gasteiger charge is -2.28. The number of allylic oxidation sites excluding steroid dienone is 2. The molecule has 2 aromatic rings. The first-order chi connectivity index (χ1) is 15.7. The molecule has 3 heterocycles. The number of halogens is 3. The Kier molecular flexibility index (Phi) is 5.96. The molecule has 1 aromatic heterocycles. The summed E-state index contributed by atoms with van der Waals surface area (Å²) < 4.78 is 38.8. The number of imidazole rings is 1. The fourth-order valence-corrected chi connectivity index (χ4v) is 3.64. The Morgan fingerprint density at radius 3 is 2.82 bits per heavy atom. The lowest BCUT2D eigenvalue weighted by atomic mass is 9.99. The van der Waals surface area contributed by atoms with Crippen LogP contribution in [0.5, 0.6) is 0 Å². The molecule has 1 aromatic carbocycles. The number of hydrogen-bond donors (Lipinski definition) is 2. The Labute approximate surface area is 188 Å². The molecule has 2 atom stereocenters. The lowest BCUT2D eigenvalue weighted by Crippen LogP contribution is -2.36. The van der Waals surface area contributed by atoms with Crippen molar-refractivity contribution in [3.05, 3.63) is 72.0 Å². The summed E-state index contributed by atoms with van der Waals surface area (Å²) in [6, 6.07) is 5.87. The minimum atomic E-state index is -4.47. The van der Waals surface area contributed by atoms with Crippen molar-refractivity contribution in [2.24, 2.45) is 12.0 Å². The van der Waals surface area contributed by atoms with E-state index in [0.717, 1.165) is 22.7 Å². The van der Waals surface area contributed by atoms with Gasteiger partial charge in [0.25, 0.3) is 0 Å². The number of nitrogens with one attached hydrogen (secondary N) is 2. The van der Waals surface area contributed by atoms with Crippen molar-refractivity contribution in [2.45, 2.75) is 25.2 Å².